The molecule has 2 aromatic heterocycles. The molecule has 0 amide bonds. The summed E-state index contributed by atoms with van der Waals surface area (Å²) in [6.45, 7) is 0. The minimum absolute atomic E-state index is 0.740. The van der Waals surface area contributed by atoms with Gasteiger partial charge in [0.15, 0.2) is 5.82 Å². The van der Waals surface area contributed by atoms with E-state index in [0.717, 1.165) is 40.4 Å². The predicted molar refractivity (Wildman–Crippen MR) is 232 cm³/mol. The van der Waals surface area contributed by atoms with Crippen molar-refractivity contribution in [3.63, 3.8) is 0 Å². The van der Waals surface area contributed by atoms with E-state index in [2.05, 4.69) is 199 Å². The second-order valence-corrected chi connectivity index (χ2v) is 14.5. The van der Waals surface area contributed by atoms with Crippen LogP contribution in [-0.2, 0) is 6.42 Å². The van der Waals surface area contributed by atoms with Gasteiger partial charge in [0.05, 0.1) is 22.4 Å². The molecule has 3 heteroatoms. The standard InChI is InChI=1S/C53H35N3/c1-4-15-35(16-5-1)36-29-31-37(32-30-36)51-46-34-41-21-13-25-43(49(41)52(46)55-53(54-51)38-17-6-2-7-18-38)39-19-12-20-40(33-39)44-26-14-28-48-50(44)45-24-10-11-27-47(45)56(48)42-22-8-3-9-23-42/h1-33H,34H2. The monoisotopic (exact) mass is 713 g/mol. The highest BCUT2D eigenvalue weighted by Crippen LogP contribution is 2.47. The first-order valence-corrected chi connectivity index (χ1v) is 19.2. The average Bonchev–Trinajstić information content (AvgIpc) is 3.83. The van der Waals surface area contributed by atoms with Crippen LogP contribution in [0.3, 0.4) is 0 Å². The zero-order chi connectivity index (χ0) is 37.0. The van der Waals surface area contributed by atoms with Crippen molar-refractivity contribution in [3.05, 3.63) is 211 Å². The normalized spacial score (nSPS) is 11.9. The molecule has 11 rings (SSSR count). The van der Waals surface area contributed by atoms with Crippen molar-refractivity contribution < 1.29 is 0 Å². The highest BCUT2D eigenvalue weighted by molar-refractivity contribution is 6.16. The third kappa shape index (κ3) is 5.28. The van der Waals surface area contributed by atoms with Gasteiger partial charge < -0.3 is 4.57 Å². The van der Waals surface area contributed by atoms with Gasteiger partial charge in [0.1, 0.15) is 0 Å². The summed E-state index contributed by atoms with van der Waals surface area (Å²) in [5.41, 5.74) is 18.5. The minimum atomic E-state index is 0.740. The quantitative estimate of drug-likeness (QED) is 0.172. The molecule has 0 N–H and O–H groups in total. The maximum Gasteiger partial charge on any atom is 0.160 e. The molecule has 0 atom stereocenters. The second kappa shape index (κ2) is 13.2. The molecule has 0 aliphatic heterocycles. The van der Waals surface area contributed by atoms with Crippen molar-refractivity contribution in [2.24, 2.45) is 0 Å². The van der Waals surface area contributed by atoms with Gasteiger partial charge in [0, 0.05) is 45.1 Å². The van der Waals surface area contributed by atoms with Gasteiger partial charge in [-0.15, -0.1) is 0 Å². The third-order valence-electron chi connectivity index (χ3n) is 11.3. The smallest absolute Gasteiger partial charge is 0.160 e. The van der Waals surface area contributed by atoms with E-state index >= 15 is 0 Å². The molecule has 10 aromatic rings. The van der Waals surface area contributed by atoms with Gasteiger partial charge in [0.2, 0.25) is 0 Å². The molecule has 0 saturated carbocycles. The van der Waals surface area contributed by atoms with Crippen LogP contribution in [0.5, 0.6) is 0 Å². The van der Waals surface area contributed by atoms with Crippen LogP contribution in [0.1, 0.15) is 11.1 Å². The molecular formula is C53H35N3. The molecule has 0 spiro atoms. The Morgan fingerprint density at radius 1 is 0.393 bits per heavy atom. The Morgan fingerprint density at radius 3 is 1.73 bits per heavy atom. The third-order valence-corrected chi connectivity index (χ3v) is 11.3. The summed E-state index contributed by atoms with van der Waals surface area (Å²) in [5, 5.41) is 2.51. The lowest BCUT2D eigenvalue weighted by atomic mass is 9.92. The summed E-state index contributed by atoms with van der Waals surface area (Å²) in [6, 6.07) is 71.6. The molecule has 0 bridgehead atoms. The van der Waals surface area contributed by atoms with E-state index in [0.29, 0.717) is 0 Å². The van der Waals surface area contributed by atoms with Gasteiger partial charge in [0.25, 0.3) is 0 Å². The Kier molecular flexibility index (Phi) is 7.56. The van der Waals surface area contributed by atoms with Crippen molar-refractivity contribution in [2.45, 2.75) is 6.42 Å². The fraction of sp³-hybridized carbons (Fsp3) is 0.0189. The predicted octanol–water partition coefficient (Wildman–Crippen LogP) is 13.5. The van der Waals surface area contributed by atoms with E-state index in [1.165, 1.54) is 71.9 Å². The van der Waals surface area contributed by atoms with Crippen LogP contribution in [0.15, 0.2) is 200 Å². The first-order chi connectivity index (χ1) is 27.8. The number of hydrogen-bond donors (Lipinski definition) is 0. The molecule has 8 aromatic carbocycles. The fourth-order valence-electron chi connectivity index (χ4n) is 8.69. The summed E-state index contributed by atoms with van der Waals surface area (Å²) in [6.07, 6.45) is 0.779. The molecule has 2 heterocycles. The maximum atomic E-state index is 5.38. The van der Waals surface area contributed by atoms with Crippen molar-refractivity contribution in [1.29, 1.82) is 0 Å². The molecule has 56 heavy (non-hydrogen) atoms. The first kappa shape index (κ1) is 32.1. The first-order valence-electron chi connectivity index (χ1n) is 19.2. The summed E-state index contributed by atoms with van der Waals surface area (Å²) in [4.78, 5) is 10.7. The second-order valence-electron chi connectivity index (χ2n) is 14.5. The lowest BCUT2D eigenvalue weighted by molar-refractivity contribution is 1.13. The zero-order valence-corrected chi connectivity index (χ0v) is 30.6. The van der Waals surface area contributed by atoms with Crippen LogP contribution in [-0.4, -0.2) is 14.5 Å². The molecule has 3 nitrogen and oxygen atoms in total. The average molecular weight is 714 g/mol. The fourth-order valence-corrected chi connectivity index (χ4v) is 8.69. The van der Waals surface area contributed by atoms with Crippen LogP contribution in [0.2, 0.25) is 0 Å². The van der Waals surface area contributed by atoms with Crippen LogP contribution in [0.4, 0.5) is 0 Å². The summed E-state index contributed by atoms with van der Waals surface area (Å²) in [7, 11) is 0. The molecule has 0 unspecified atom stereocenters. The van der Waals surface area contributed by atoms with Gasteiger partial charge in [-0.25, -0.2) is 9.97 Å². The zero-order valence-electron chi connectivity index (χ0n) is 30.6. The Labute approximate surface area is 325 Å². The topological polar surface area (TPSA) is 30.7 Å². The molecular weight excluding hydrogens is 679 g/mol. The summed E-state index contributed by atoms with van der Waals surface area (Å²) < 4.78 is 2.38. The highest BCUT2D eigenvalue weighted by atomic mass is 15.0. The van der Waals surface area contributed by atoms with Gasteiger partial charge in [-0.1, -0.05) is 170 Å². The van der Waals surface area contributed by atoms with E-state index in [4.69, 9.17) is 9.97 Å². The molecule has 1 aliphatic rings. The SMILES string of the molecule is c1ccc(-c2ccc(-c3nc(-c4ccccc4)nc4c3Cc3cccc(-c5cccc(-c6cccc7c6c6ccccc6n7-c6ccccc6)c5)c3-4)cc2)cc1. The van der Waals surface area contributed by atoms with E-state index in [9.17, 15) is 0 Å². The van der Waals surface area contributed by atoms with E-state index in [-0.39, 0.29) is 0 Å². The Bertz CT molecular complexity index is 3070. The Hall–Kier alpha value is -7.36. The van der Waals surface area contributed by atoms with Crippen molar-refractivity contribution in [1.82, 2.24) is 14.5 Å². The number of hydrogen-bond acceptors (Lipinski definition) is 2. The van der Waals surface area contributed by atoms with Crippen LogP contribution < -0.4 is 0 Å². The van der Waals surface area contributed by atoms with Crippen molar-refractivity contribution in [2.75, 3.05) is 0 Å². The number of nitrogens with zero attached hydrogens (tertiary/aromatic N) is 3. The molecule has 0 saturated heterocycles. The number of benzene rings is 8. The van der Waals surface area contributed by atoms with Crippen molar-refractivity contribution in [3.8, 4) is 73.0 Å². The number of fused-ring (bicyclic) bond motifs is 6. The van der Waals surface area contributed by atoms with E-state index < -0.39 is 0 Å². The molecule has 1 aliphatic carbocycles. The number of aromatic nitrogens is 3. The van der Waals surface area contributed by atoms with E-state index in [1.807, 2.05) is 6.07 Å². The highest BCUT2D eigenvalue weighted by Gasteiger charge is 2.29. The van der Waals surface area contributed by atoms with Gasteiger partial charge in [-0.05, 0) is 69.3 Å². The molecule has 0 fully saturated rings. The molecule has 262 valence electrons. The van der Waals surface area contributed by atoms with E-state index in [1.54, 1.807) is 0 Å². The lowest BCUT2D eigenvalue weighted by Gasteiger charge is -2.14. The van der Waals surface area contributed by atoms with Gasteiger partial charge >= 0.3 is 0 Å². The van der Waals surface area contributed by atoms with Crippen LogP contribution in [0.25, 0.3) is 94.8 Å². The van der Waals surface area contributed by atoms with Gasteiger partial charge in [-0.3, -0.25) is 0 Å². The number of rotatable bonds is 6. The Balaban J connectivity index is 1.07. The van der Waals surface area contributed by atoms with Crippen molar-refractivity contribution >= 4 is 21.8 Å². The maximum absolute atomic E-state index is 5.38. The van der Waals surface area contributed by atoms with Gasteiger partial charge in [-0.2, -0.15) is 0 Å². The summed E-state index contributed by atoms with van der Waals surface area (Å²) >= 11 is 0. The Morgan fingerprint density at radius 2 is 0.946 bits per heavy atom. The van der Waals surface area contributed by atoms with Crippen LogP contribution in [0, 0.1) is 0 Å². The summed E-state index contributed by atoms with van der Waals surface area (Å²) in [5.74, 6) is 0.740. The number of para-hydroxylation sites is 2. The largest absolute Gasteiger partial charge is 0.309 e. The van der Waals surface area contributed by atoms with Crippen LogP contribution >= 0.6 is 0 Å². The minimum Gasteiger partial charge on any atom is -0.309 e. The lowest BCUT2D eigenvalue weighted by Crippen LogP contribution is -1.99. The molecule has 0 radical (unpaired) electrons.